The van der Waals surface area contributed by atoms with E-state index in [0.29, 0.717) is 22.0 Å². The van der Waals surface area contributed by atoms with E-state index in [1.807, 2.05) is 20.8 Å². The van der Waals surface area contributed by atoms with Crippen molar-refractivity contribution in [2.24, 2.45) is 0 Å². The van der Waals surface area contributed by atoms with Crippen molar-refractivity contribution in [2.75, 3.05) is 25.1 Å². The Bertz CT molecular complexity index is 1480. The number of methoxy groups -OCH3 is 2. The molecule has 0 aliphatic carbocycles. The SMILES string of the molecule is COc1ccc(S(=O)(=O)N(CC(=O)N(Cc2cccc(Cl)c2)[C@@H](C)C(=O)NC(C)C)c2ccc(C)cc2)cc1OC. The molecule has 11 heteroatoms. The van der Waals surface area contributed by atoms with E-state index < -0.39 is 28.5 Å². The number of aryl methyl sites for hydroxylation is 1. The van der Waals surface area contributed by atoms with Crippen LogP contribution in [0.25, 0.3) is 0 Å². The molecule has 0 aliphatic rings. The first-order valence-corrected chi connectivity index (χ1v) is 14.8. The van der Waals surface area contributed by atoms with Crippen molar-refractivity contribution >= 4 is 39.1 Å². The summed E-state index contributed by atoms with van der Waals surface area (Å²) in [7, 11) is -1.41. The maximum absolute atomic E-state index is 14.1. The number of nitrogens with one attached hydrogen (secondary N) is 1. The van der Waals surface area contributed by atoms with E-state index in [0.717, 1.165) is 9.87 Å². The Morgan fingerprint density at radius 2 is 1.59 bits per heavy atom. The second-order valence-corrected chi connectivity index (χ2v) is 12.2. The van der Waals surface area contributed by atoms with Gasteiger partial charge in [-0.25, -0.2) is 8.42 Å². The second kappa shape index (κ2) is 13.7. The molecule has 1 N–H and O–H groups in total. The number of benzene rings is 3. The Balaban J connectivity index is 2.07. The highest BCUT2D eigenvalue weighted by Gasteiger charge is 2.33. The first kappa shape index (κ1) is 31.8. The zero-order valence-corrected chi connectivity index (χ0v) is 25.6. The third-order valence-corrected chi connectivity index (χ3v) is 8.39. The van der Waals surface area contributed by atoms with E-state index in [1.54, 1.807) is 55.5 Å². The van der Waals surface area contributed by atoms with Gasteiger partial charge in [0.25, 0.3) is 10.0 Å². The smallest absolute Gasteiger partial charge is 0.264 e. The molecule has 0 fully saturated rings. The first-order chi connectivity index (χ1) is 19.4. The predicted octanol–water partition coefficient (Wildman–Crippen LogP) is 4.80. The number of sulfonamides is 1. The Hall–Kier alpha value is -3.76. The lowest BCUT2D eigenvalue weighted by Gasteiger charge is -2.32. The highest BCUT2D eigenvalue weighted by atomic mass is 35.5. The van der Waals surface area contributed by atoms with Crippen LogP contribution in [0.3, 0.4) is 0 Å². The van der Waals surface area contributed by atoms with Crippen LogP contribution >= 0.6 is 11.6 Å². The number of ether oxygens (including phenoxy) is 2. The zero-order valence-electron chi connectivity index (χ0n) is 24.0. The molecular weight excluding hydrogens is 566 g/mol. The summed E-state index contributed by atoms with van der Waals surface area (Å²) in [6.45, 7) is 6.62. The fraction of sp³-hybridized carbons (Fsp3) is 0.333. The van der Waals surface area contributed by atoms with Crippen molar-refractivity contribution in [3.63, 3.8) is 0 Å². The Morgan fingerprint density at radius 1 is 0.927 bits per heavy atom. The van der Waals surface area contributed by atoms with Crippen molar-refractivity contribution in [3.05, 3.63) is 82.9 Å². The Labute approximate surface area is 247 Å². The zero-order chi connectivity index (χ0) is 30.3. The molecule has 41 heavy (non-hydrogen) atoms. The second-order valence-electron chi connectivity index (χ2n) is 9.85. The molecule has 3 aromatic rings. The Kier molecular flexibility index (Phi) is 10.6. The lowest BCUT2D eigenvalue weighted by Crippen LogP contribution is -2.52. The van der Waals surface area contributed by atoms with Crippen LogP contribution in [0.4, 0.5) is 5.69 Å². The Morgan fingerprint density at radius 3 is 2.17 bits per heavy atom. The van der Waals surface area contributed by atoms with E-state index in [2.05, 4.69) is 5.32 Å². The summed E-state index contributed by atoms with van der Waals surface area (Å²) in [5.74, 6) is -0.339. The number of halogens is 1. The molecule has 2 amide bonds. The molecular formula is C30H36ClN3O6S. The van der Waals surface area contributed by atoms with Crippen LogP contribution in [0.1, 0.15) is 31.9 Å². The highest BCUT2D eigenvalue weighted by molar-refractivity contribution is 7.92. The molecule has 3 rings (SSSR count). The molecule has 0 aliphatic heterocycles. The molecule has 0 unspecified atom stereocenters. The van der Waals surface area contributed by atoms with E-state index >= 15 is 0 Å². The number of nitrogens with zero attached hydrogens (tertiary/aromatic N) is 2. The van der Waals surface area contributed by atoms with Gasteiger partial charge in [-0.15, -0.1) is 0 Å². The van der Waals surface area contributed by atoms with Crippen LogP contribution in [-0.4, -0.2) is 58.0 Å². The summed E-state index contributed by atoms with van der Waals surface area (Å²) in [4.78, 5) is 28.3. The minimum Gasteiger partial charge on any atom is -0.493 e. The monoisotopic (exact) mass is 601 g/mol. The summed E-state index contributed by atoms with van der Waals surface area (Å²) in [6.07, 6.45) is 0. The topological polar surface area (TPSA) is 105 Å². The highest BCUT2D eigenvalue weighted by Crippen LogP contribution is 2.32. The van der Waals surface area contributed by atoms with Crippen molar-refractivity contribution in [1.29, 1.82) is 0 Å². The van der Waals surface area contributed by atoms with Gasteiger partial charge in [-0.1, -0.05) is 41.4 Å². The van der Waals surface area contributed by atoms with Crippen LogP contribution in [0.2, 0.25) is 5.02 Å². The maximum Gasteiger partial charge on any atom is 0.264 e. The average Bonchev–Trinajstić information content (AvgIpc) is 2.93. The largest absolute Gasteiger partial charge is 0.493 e. The molecule has 0 spiro atoms. The van der Waals surface area contributed by atoms with E-state index in [9.17, 15) is 18.0 Å². The van der Waals surface area contributed by atoms with Gasteiger partial charge in [-0.2, -0.15) is 0 Å². The van der Waals surface area contributed by atoms with E-state index in [1.165, 1.54) is 37.3 Å². The van der Waals surface area contributed by atoms with Gasteiger partial charge >= 0.3 is 0 Å². The molecule has 0 saturated heterocycles. The quantitative estimate of drug-likeness (QED) is 0.320. The predicted molar refractivity (Wildman–Crippen MR) is 160 cm³/mol. The fourth-order valence-electron chi connectivity index (χ4n) is 4.16. The lowest BCUT2D eigenvalue weighted by molar-refractivity contribution is -0.139. The van der Waals surface area contributed by atoms with Crippen molar-refractivity contribution in [1.82, 2.24) is 10.2 Å². The van der Waals surface area contributed by atoms with Crippen LogP contribution in [0.15, 0.2) is 71.6 Å². The van der Waals surface area contributed by atoms with Crippen LogP contribution in [0.5, 0.6) is 11.5 Å². The summed E-state index contributed by atoms with van der Waals surface area (Å²) in [5, 5.41) is 3.31. The van der Waals surface area contributed by atoms with E-state index in [4.69, 9.17) is 21.1 Å². The summed E-state index contributed by atoms with van der Waals surface area (Å²) in [5.41, 5.74) is 1.91. The van der Waals surface area contributed by atoms with Crippen LogP contribution < -0.4 is 19.1 Å². The van der Waals surface area contributed by atoms with Gasteiger partial charge in [0, 0.05) is 23.7 Å². The molecule has 220 valence electrons. The molecule has 0 bridgehead atoms. The minimum atomic E-state index is -4.27. The van der Waals surface area contributed by atoms with Gasteiger partial charge in [0.2, 0.25) is 11.8 Å². The van der Waals surface area contributed by atoms with Crippen molar-refractivity contribution in [3.8, 4) is 11.5 Å². The van der Waals surface area contributed by atoms with Crippen molar-refractivity contribution in [2.45, 2.75) is 51.2 Å². The van der Waals surface area contributed by atoms with Crippen LogP contribution in [-0.2, 0) is 26.2 Å². The number of anilines is 1. The average molecular weight is 602 g/mol. The van der Waals surface area contributed by atoms with E-state index in [-0.39, 0.29) is 29.1 Å². The summed E-state index contributed by atoms with van der Waals surface area (Å²) in [6, 6.07) is 16.9. The number of rotatable bonds is 12. The molecule has 0 heterocycles. The number of amides is 2. The van der Waals surface area contributed by atoms with Gasteiger partial charge in [0.15, 0.2) is 11.5 Å². The van der Waals surface area contributed by atoms with Gasteiger partial charge in [-0.3, -0.25) is 13.9 Å². The standard InChI is InChI=1S/C30H36ClN3O6S/c1-20(2)32-30(36)22(4)33(18-23-8-7-9-24(31)16-23)29(35)19-34(25-12-10-21(3)11-13-25)41(37,38)26-14-15-27(39-5)28(17-26)40-6/h7-17,20,22H,18-19H2,1-6H3,(H,32,36)/t22-/m0/s1. The normalized spacial score (nSPS) is 12.0. The maximum atomic E-state index is 14.1. The third-order valence-electron chi connectivity index (χ3n) is 6.38. The minimum absolute atomic E-state index is 0.0459. The third kappa shape index (κ3) is 7.92. The molecule has 0 saturated carbocycles. The number of carbonyl (C=O) groups is 2. The number of hydrogen-bond donors (Lipinski definition) is 1. The molecule has 0 radical (unpaired) electrons. The fourth-order valence-corrected chi connectivity index (χ4v) is 5.81. The van der Waals surface area contributed by atoms with Gasteiger partial charge in [0.1, 0.15) is 12.6 Å². The van der Waals surface area contributed by atoms with Gasteiger partial charge in [0.05, 0.1) is 24.8 Å². The molecule has 3 aromatic carbocycles. The van der Waals surface area contributed by atoms with Gasteiger partial charge in [-0.05, 0) is 69.7 Å². The first-order valence-electron chi connectivity index (χ1n) is 13.0. The van der Waals surface area contributed by atoms with Crippen LogP contribution in [0, 0.1) is 6.92 Å². The van der Waals surface area contributed by atoms with Gasteiger partial charge < -0.3 is 19.7 Å². The lowest BCUT2D eigenvalue weighted by atomic mass is 10.1. The number of carbonyl (C=O) groups excluding carboxylic acids is 2. The number of hydrogen-bond acceptors (Lipinski definition) is 6. The molecule has 1 atom stereocenters. The summed E-state index contributed by atoms with van der Waals surface area (Å²) >= 11 is 6.18. The summed E-state index contributed by atoms with van der Waals surface area (Å²) < 4.78 is 39.7. The molecule has 0 aromatic heterocycles. The molecule has 9 nitrogen and oxygen atoms in total. The van der Waals surface area contributed by atoms with Crippen molar-refractivity contribution < 1.29 is 27.5 Å².